The first-order valence-corrected chi connectivity index (χ1v) is 8.71. The van der Waals surface area contributed by atoms with Gasteiger partial charge in [-0.15, -0.1) is 0 Å². The lowest BCUT2D eigenvalue weighted by Crippen LogP contribution is -2.47. The minimum absolute atomic E-state index is 0.0785. The first kappa shape index (κ1) is 16.5. The predicted molar refractivity (Wildman–Crippen MR) is 86.5 cm³/mol. The lowest BCUT2D eigenvalue weighted by atomic mass is 9.99. The summed E-state index contributed by atoms with van der Waals surface area (Å²) in [5, 5.41) is 4.03. The summed E-state index contributed by atoms with van der Waals surface area (Å²) in [7, 11) is 0. The summed E-state index contributed by atoms with van der Waals surface area (Å²) in [4.78, 5) is 17.5. The molecule has 0 aromatic carbocycles. The summed E-state index contributed by atoms with van der Waals surface area (Å²) >= 11 is 0. The molecule has 0 bridgehead atoms. The minimum Gasteiger partial charge on any atom is -0.379 e. The highest BCUT2D eigenvalue weighted by atomic mass is 16.5. The van der Waals surface area contributed by atoms with Crippen LogP contribution in [0.5, 0.6) is 0 Å². The molecule has 6 heteroatoms. The van der Waals surface area contributed by atoms with Crippen molar-refractivity contribution in [3.05, 3.63) is 17.0 Å². The van der Waals surface area contributed by atoms with Gasteiger partial charge >= 0.3 is 0 Å². The topological polar surface area (TPSA) is 58.8 Å². The Morgan fingerprint density at radius 3 is 2.65 bits per heavy atom. The number of amides is 1. The van der Waals surface area contributed by atoms with Gasteiger partial charge in [0, 0.05) is 32.2 Å². The van der Waals surface area contributed by atoms with E-state index < -0.39 is 0 Å². The van der Waals surface area contributed by atoms with Gasteiger partial charge in [-0.1, -0.05) is 25.4 Å². The molecule has 2 atom stereocenters. The highest BCUT2D eigenvalue weighted by Crippen LogP contribution is 2.28. The van der Waals surface area contributed by atoms with E-state index in [1.807, 2.05) is 18.7 Å². The van der Waals surface area contributed by atoms with Gasteiger partial charge in [0.25, 0.3) is 5.91 Å². The fourth-order valence-corrected chi connectivity index (χ4v) is 3.84. The van der Waals surface area contributed by atoms with E-state index in [2.05, 4.69) is 17.0 Å². The first-order chi connectivity index (χ1) is 11.2. The Labute approximate surface area is 137 Å². The van der Waals surface area contributed by atoms with Crippen molar-refractivity contribution in [1.82, 2.24) is 15.0 Å². The molecular weight excluding hydrogens is 294 g/mol. The van der Waals surface area contributed by atoms with Crippen molar-refractivity contribution in [1.29, 1.82) is 0 Å². The molecule has 0 N–H and O–H groups in total. The molecule has 0 radical (unpaired) electrons. The molecule has 0 saturated carbocycles. The lowest BCUT2D eigenvalue weighted by Gasteiger charge is -2.34. The average molecular weight is 321 g/mol. The van der Waals surface area contributed by atoms with E-state index in [-0.39, 0.29) is 5.91 Å². The maximum Gasteiger partial charge on any atom is 0.259 e. The minimum atomic E-state index is 0.0785. The van der Waals surface area contributed by atoms with Gasteiger partial charge in [0.2, 0.25) is 0 Å². The third kappa shape index (κ3) is 3.15. The number of morpholine rings is 1. The number of likely N-dealkylation sites (tertiary alicyclic amines) is 1. The van der Waals surface area contributed by atoms with Crippen molar-refractivity contribution in [3.63, 3.8) is 0 Å². The van der Waals surface area contributed by atoms with Gasteiger partial charge < -0.3 is 14.2 Å². The van der Waals surface area contributed by atoms with Gasteiger partial charge in [-0.05, 0) is 19.3 Å². The van der Waals surface area contributed by atoms with Crippen molar-refractivity contribution in [3.8, 4) is 0 Å². The summed E-state index contributed by atoms with van der Waals surface area (Å²) in [6.45, 7) is 11.2. The highest BCUT2D eigenvalue weighted by Gasteiger charge is 2.39. The fraction of sp³-hybridized carbons (Fsp3) is 0.765. The van der Waals surface area contributed by atoms with Crippen LogP contribution in [0.25, 0.3) is 0 Å². The Morgan fingerprint density at radius 2 is 2.00 bits per heavy atom. The Bertz CT molecular complexity index is 551. The summed E-state index contributed by atoms with van der Waals surface area (Å²) < 4.78 is 10.7. The molecule has 2 fully saturated rings. The Balaban J connectivity index is 1.76. The average Bonchev–Trinajstić information content (AvgIpc) is 3.18. The molecule has 3 heterocycles. The third-order valence-electron chi connectivity index (χ3n) is 5.21. The number of hydrogen-bond acceptors (Lipinski definition) is 5. The lowest BCUT2D eigenvalue weighted by molar-refractivity contribution is 0.0103. The number of hydrogen-bond donors (Lipinski definition) is 0. The number of carbonyl (C=O) groups is 1. The summed E-state index contributed by atoms with van der Waals surface area (Å²) in [6.07, 6.45) is 1.81. The normalized spacial score (nSPS) is 26.0. The first-order valence-electron chi connectivity index (χ1n) is 8.71. The van der Waals surface area contributed by atoms with Crippen LogP contribution in [0.3, 0.4) is 0 Å². The Hall–Kier alpha value is -1.40. The molecule has 2 saturated heterocycles. The van der Waals surface area contributed by atoms with Crippen LogP contribution in [0.1, 0.15) is 42.1 Å². The van der Waals surface area contributed by atoms with Crippen LogP contribution in [-0.2, 0) is 11.2 Å². The molecule has 0 spiro atoms. The Morgan fingerprint density at radius 1 is 1.26 bits per heavy atom. The van der Waals surface area contributed by atoms with Crippen LogP contribution >= 0.6 is 0 Å². The van der Waals surface area contributed by atoms with Crippen molar-refractivity contribution in [2.24, 2.45) is 5.92 Å². The number of nitrogens with zero attached hydrogens (tertiary/aromatic N) is 3. The van der Waals surface area contributed by atoms with Crippen LogP contribution < -0.4 is 0 Å². The standard InChI is InChI=1S/C17H27N3O3/c1-4-13-10-20(11-15(13)19-6-8-22-9-7-19)17(21)16-12(3)23-18-14(16)5-2/h13,15H,4-11H2,1-3H3. The van der Waals surface area contributed by atoms with E-state index >= 15 is 0 Å². The monoisotopic (exact) mass is 321 g/mol. The number of carbonyl (C=O) groups excluding carboxylic acids is 1. The zero-order valence-electron chi connectivity index (χ0n) is 14.4. The molecule has 1 aromatic rings. The molecule has 1 aromatic heterocycles. The van der Waals surface area contributed by atoms with E-state index in [0.29, 0.717) is 23.3 Å². The largest absolute Gasteiger partial charge is 0.379 e. The quantitative estimate of drug-likeness (QED) is 0.845. The highest BCUT2D eigenvalue weighted by molar-refractivity contribution is 5.96. The van der Waals surface area contributed by atoms with E-state index in [0.717, 1.165) is 57.9 Å². The van der Waals surface area contributed by atoms with Crippen molar-refractivity contribution < 1.29 is 14.1 Å². The Kier molecular flexibility index (Phi) is 5.02. The molecule has 3 rings (SSSR count). The van der Waals surface area contributed by atoms with Gasteiger partial charge in [0.05, 0.1) is 18.9 Å². The van der Waals surface area contributed by atoms with Gasteiger partial charge in [-0.25, -0.2) is 0 Å². The number of aryl methyl sites for hydroxylation is 2. The van der Waals surface area contributed by atoms with Crippen LogP contribution in [-0.4, -0.2) is 66.3 Å². The van der Waals surface area contributed by atoms with Crippen molar-refractivity contribution >= 4 is 5.91 Å². The summed E-state index contributed by atoms with van der Waals surface area (Å²) in [5.74, 6) is 1.24. The molecule has 0 aliphatic carbocycles. The fourth-order valence-electron chi connectivity index (χ4n) is 3.84. The molecule has 23 heavy (non-hydrogen) atoms. The van der Waals surface area contributed by atoms with Gasteiger partial charge in [-0.3, -0.25) is 9.69 Å². The van der Waals surface area contributed by atoms with Crippen molar-refractivity contribution in [2.45, 2.75) is 39.7 Å². The van der Waals surface area contributed by atoms with Gasteiger partial charge in [-0.2, -0.15) is 0 Å². The second-order valence-corrected chi connectivity index (χ2v) is 6.51. The van der Waals surface area contributed by atoms with E-state index in [1.165, 1.54) is 0 Å². The zero-order valence-corrected chi connectivity index (χ0v) is 14.4. The van der Waals surface area contributed by atoms with E-state index in [4.69, 9.17) is 9.26 Å². The van der Waals surface area contributed by atoms with Gasteiger partial charge in [0.1, 0.15) is 11.3 Å². The second-order valence-electron chi connectivity index (χ2n) is 6.51. The second kappa shape index (κ2) is 7.01. The van der Waals surface area contributed by atoms with Crippen LogP contribution in [0.15, 0.2) is 4.52 Å². The molecule has 6 nitrogen and oxygen atoms in total. The van der Waals surface area contributed by atoms with Crippen molar-refractivity contribution in [2.75, 3.05) is 39.4 Å². The zero-order chi connectivity index (χ0) is 16.4. The van der Waals surface area contributed by atoms with E-state index in [9.17, 15) is 4.79 Å². The number of aromatic nitrogens is 1. The predicted octanol–water partition coefficient (Wildman–Crippen LogP) is 1.73. The van der Waals surface area contributed by atoms with Crippen LogP contribution in [0, 0.1) is 12.8 Å². The smallest absolute Gasteiger partial charge is 0.259 e. The molecule has 2 aliphatic rings. The molecule has 1 amide bonds. The number of ether oxygens (including phenoxy) is 1. The molecule has 2 aliphatic heterocycles. The maximum atomic E-state index is 13.0. The molecule has 2 unspecified atom stereocenters. The van der Waals surface area contributed by atoms with E-state index in [1.54, 1.807) is 0 Å². The molecular formula is C17H27N3O3. The van der Waals surface area contributed by atoms with Crippen LogP contribution in [0.4, 0.5) is 0 Å². The molecule has 128 valence electrons. The summed E-state index contributed by atoms with van der Waals surface area (Å²) in [6, 6.07) is 0.443. The van der Waals surface area contributed by atoms with Crippen LogP contribution in [0.2, 0.25) is 0 Å². The third-order valence-corrected chi connectivity index (χ3v) is 5.21. The number of rotatable bonds is 4. The maximum absolute atomic E-state index is 13.0. The van der Waals surface area contributed by atoms with Gasteiger partial charge in [0.15, 0.2) is 0 Å². The SMILES string of the molecule is CCc1noc(C)c1C(=O)N1CC(CC)C(N2CCOCC2)C1. The summed E-state index contributed by atoms with van der Waals surface area (Å²) in [5.41, 5.74) is 1.44.